The van der Waals surface area contributed by atoms with Crippen LogP contribution in [0.2, 0.25) is 0 Å². The second-order valence-corrected chi connectivity index (χ2v) is 6.89. The highest BCUT2D eigenvalue weighted by molar-refractivity contribution is 8.00. The maximum absolute atomic E-state index is 12.2. The Labute approximate surface area is 118 Å². The normalized spacial score (nSPS) is 22.4. The van der Waals surface area contributed by atoms with E-state index in [1.807, 2.05) is 24.8 Å². The van der Waals surface area contributed by atoms with Gasteiger partial charge in [-0.1, -0.05) is 6.92 Å². The summed E-state index contributed by atoms with van der Waals surface area (Å²) in [5, 5.41) is 3.02. The lowest BCUT2D eigenvalue weighted by Gasteiger charge is -2.22. The largest absolute Gasteiger partial charge is 0.384 e. The molecule has 2 rings (SSSR count). The van der Waals surface area contributed by atoms with Gasteiger partial charge in [0.25, 0.3) is 5.91 Å². The third kappa shape index (κ3) is 3.62. The average Bonchev–Trinajstić information content (AvgIpc) is 2.82. The highest BCUT2D eigenvalue weighted by Crippen LogP contribution is 2.36. The quantitative estimate of drug-likeness (QED) is 0.887. The third-order valence-electron chi connectivity index (χ3n) is 3.45. The van der Waals surface area contributed by atoms with Crippen molar-refractivity contribution < 1.29 is 4.79 Å². The van der Waals surface area contributed by atoms with Gasteiger partial charge in [0.1, 0.15) is 5.82 Å². The minimum absolute atomic E-state index is 0.0578. The van der Waals surface area contributed by atoms with E-state index < -0.39 is 0 Å². The van der Waals surface area contributed by atoms with Crippen LogP contribution in [0.4, 0.5) is 5.82 Å². The van der Waals surface area contributed by atoms with Gasteiger partial charge < -0.3 is 11.1 Å². The lowest BCUT2D eigenvalue weighted by atomic mass is 10.1. The fraction of sp³-hybridized carbons (Fsp3) is 0.571. The summed E-state index contributed by atoms with van der Waals surface area (Å²) in [6.07, 6.45) is 3.18. The molecule has 1 aliphatic rings. The molecule has 5 heteroatoms. The number of hydrogen-bond acceptors (Lipinski definition) is 4. The molecule has 1 amide bonds. The zero-order valence-corrected chi connectivity index (χ0v) is 12.3. The highest BCUT2D eigenvalue weighted by Gasteiger charge is 2.29. The number of anilines is 1. The number of pyridine rings is 1. The Balaban J connectivity index is 2.01. The first-order valence-electron chi connectivity index (χ1n) is 6.71. The molecule has 1 saturated heterocycles. The predicted octanol–water partition coefficient (Wildman–Crippen LogP) is 2.24. The maximum atomic E-state index is 12.2. The standard InChI is InChI=1S/C14H21N3OS/c1-3-11-7-10(8-12(15)17-11)13(18)16-9-14(2)5-4-6-19-14/h7-8H,3-6,9H2,1-2H3,(H2,15,17)(H,16,18). The Morgan fingerprint density at radius 3 is 3.00 bits per heavy atom. The smallest absolute Gasteiger partial charge is 0.251 e. The molecule has 0 saturated carbocycles. The van der Waals surface area contributed by atoms with Crippen molar-refractivity contribution in [2.24, 2.45) is 0 Å². The molecular formula is C14H21N3OS. The van der Waals surface area contributed by atoms with Gasteiger partial charge in [0.05, 0.1) is 0 Å². The van der Waals surface area contributed by atoms with E-state index >= 15 is 0 Å². The molecule has 1 unspecified atom stereocenters. The number of rotatable bonds is 4. The monoisotopic (exact) mass is 279 g/mol. The van der Waals surface area contributed by atoms with E-state index in [9.17, 15) is 4.79 Å². The molecule has 19 heavy (non-hydrogen) atoms. The van der Waals surface area contributed by atoms with Crippen LogP contribution in [0.1, 0.15) is 42.7 Å². The minimum atomic E-state index is -0.0578. The lowest BCUT2D eigenvalue weighted by Crippen LogP contribution is -2.36. The molecule has 1 atom stereocenters. The van der Waals surface area contributed by atoms with Crippen molar-refractivity contribution in [3.63, 3.8) is 0 Å². The van der Waals surface area contributed by atoms with Crippen molar-refractivity contribution in [1.29, 1.82) is 0 Å². The van der Waals surface area contributed by atoms with Crippen LogP contribution in [0, 0.1) is 0 Å². The van der Waals surface area contributed by atoms with E-state index in [-0.39, 0.29) is 10.7 Å². The van der Waals surface area contributed by atoms with Crippen LogP contribution in [0.25, 0.3) is 0 Å². The first kappa shape index (κ1) is 14.2. The van der Waals surface area contributed by atoms with Gasteiger partial charge in [-0.15, -0.1) is 0 Å². The minimum Gasteiger partial charge on any atom is -0.384 e. The summed E-state index contributed by atoms with van der Waals surface area (Å²) in [7, 11) is 0. The number of nitrogen functional groups attached to an aromatic ring is 1. The van der Waals surface area contributed by atoms with Gasteiger partial charge in [-0.25, -0.2) is 4.98 Å². The number of amides is 1. The Bertz CT molecular complexity index is 470. The van der Waals surface area contributed by atoms with Crippen molar-refractivity contribution >= 4 is 23.5 Å². The molecule has 1 aromatic heterocycles. The summed E-state index contributed by atoms with van der Waals surface area (Å²) < 4.78 is 0.182. The molecule has 0 aliphatic carbocycles. The molecule has 1 aliphatic heterocycles. The summed E-state index contributed by atoms with van der Waals surface area (Å²) in [4.78, 5) is 16.3. The number of aromatic nitrogens is 1. The van der Waals surface area contributed by atoms with E-state index in [1.54, 1.807) is 6.07 Å². The number of aryl methyl sites for hydroxylation is 1. The van der Waals surface area contributed by atoms with Crippen LogP contribution in [-0.4, -0.2) is 27.9 Å². The van der Waals surface area contributed by atoms with E-state index in [4.69, 9.17) is 5.73 Å². The number of nitrogens with two attached hydrogens (primary N) is 1. The van der Waals surface area contributed by atoms with Crippen molar-refractivity contribution in [2.75, 3.05) is 18.0 Å². The third-order valence-corrected chi connectivity index (χ3v) is 4.98. The molecule has 2 heterocycles. The fourth-order valence-electron chi connectivity index (χ4n) is 2.27. The number of carbonyl (C=O) groups excluding carboxylic acids is 1. The number of carbonyl (C=O) groups is 1. The molecule has 4 nitrogen and oxygen atoms in total. The molecular weight excluding hydrogens is 258 g/mol. The molecule has 1 aromatic rings. The van der Waals surface area contributed by atoms with Gasteiger partial charge in [0.2, 0.25) is 0 Å². The maximum Gasteiger partial charge on any atom is 0.251 e. The topological polar surface area (TPSA) is 68.0 Å². The first-order chi connectivity index (χ1) is 9.02. The van der Waals surface area contributed by atoms with Crippen molar-refractivity contribution in [3.8, 4) is 0 Å². The Hall–Kier alpha value is -1.23. The Morgan fingerprint density at radius 1 is 1.58 bits per heavy atom. The van der Waals surface area contributed by atoms with Gasteiger partial charge in [-0.05, 0) is 44.1 Å². The van der Waals surface area contributed by atoms with E-state index in [2.05, 4.69) is 17.2 Å². The predicted molar refractivity (Wildman–Crippen MR) is 80.5 cm³/mol. The van der Waals surface area contributed by atoms with E-state index in [0.717, 1.165) is 18.5 Å². The van der Waals surface area contributed by atoms with Crippen molar-refractivity contribution in [3.05, 3.63) is 23.4 Å². The number of hydrogen-bond donors (Lipinski definition) is 2. The summed E-state index contributed by atoms with van der Waals surface area (Å²) >= 11 is 1.94. The van der Waals surface area contributed by atoms with Gasteiger partial charge >= 0.3 is 0 Å². The molecule has 0 bridgehead atoms. The highest BCUT2D eigenvalue weighted by atomic mass is 32.2. The summed E-state index contributed by atoms with van der Waals surface area (Å²) in [6, 6.07) is 3.45. The summed E-state index contributed by atoms with van der Waals surface area (Å²) in [5.74, 6) is 1.54. The fourth-order valence-corrected chi connectivity index (χ4v) is 3.51. The first-order valence-corrected chi connectivity index (χ1v) is 7.69. The lowest BCUT2D eigenvalue weighted by molar-refractivity contribution is 0.0950. The van der Waals surface area contributed by atoms with Crippen LogP contribution in [0.15, 0.2) is 12.1 Å². The molecule has 0 radical (unpaired) electrons. The number of nitrogens with zero attached hydrogens (tertiary/aromatic N) is 1. The van der Waals surface area contributed by atoms with Crippen LogP contribution in [0.5, 0.6) is 0 Å². The zero-order chi connectivity index (χ0) is 13.9. The van der Waals surface area contributed by atoms with Gasteiger partial charge in [-0.3, -0.25) is 4.79 Å². The average molecular weight is 279 g/mol. The van der Waals surface area contributed by atoms with E-state index in [1.165, 1.54) is 12.2 Å². The van der Waals surface area contributed by atoms with Crippen LogP contribution in [-0.2, 0) is 6.42 Å². The number of nitrogens with one attached hydrogen (secondary N) is 1. The summed E-state index contributed by atoms with van der Waals surface area (Å²) in [5.41, 5.74) is 7.18. The molecule has 0 aromatic carbocycles. The van der Waals surface area contributed by atoms with Crippen molar-refractivity contribution in [1.82, 2.24) is 10.3 Å². The van der Waals surface area contributed by atoms with Crippen LogP contribution in [0.3, 0.4) is 0 Å². The SMILES string of the molecule is CCc1cc(C(=O)NCC2(C)CCCS2)cc(N)n1. The van der Waals surface area contributed by atoms with E-state index in [0.29, 0.717) is 17.9 Å². The second-order valence-electron chi connectivity index (χ2n) is 5.21. The van der Waals surface area contributed by atoms with Crippen molar-refractivity contribution in [2.45, 2.75) is 37.9 Å². The zero-order valence-electron chi connectivity index (χ0n) is 11.5. The van der Waals surface area contributed by atoms with Gasteiger partial charge in [0, 0.05) is 22.5 Å². The second kappa shape index (κ2) is 5.82. The van der Waals surface area contributed by atoms with Crippen LogP contribution >= 0.6 is 11.8 Å². The Morgan fingerprint density at radius 2 is 2.37 bits per heavy atom. The van der Waals surface area contributed by atoms with Gasteiger partial charge in [-0.2, -0.15) is 11.8 Å². The number of thioether (sulfide) groups is 1. The Kier molecular flexibility index (Phi) is 4.34. The molecule has 104 valence electrons. The van der Waals surface area contributed by atoms with Crippen LogP contribution < -0.4 is 11.1 Å². The molecule has 3 N–H and O–H groups in total. The molecule has 0 spiro atoms. The van der Waals surface area contributed by atoms with Gasteiger partial charge in [0.15, 0.2) is 0 Å². The summed E-state index contributed by atoms with van der Waals surface area (Å²) in [6.45, 7) is 4.92. The molecule has 1 fully saturated rings.